The summed E-state index contributed by atoms with van der Waals surface area (Å²) in [5, 5.41) is 0.337. The maximum absolute atomic E-state index is 6.31. The molecule has 1 fully saturated rings. The van der Waals surface area contributed by atoms with Crippen molar-refractivity contribution in [1.29, 1.82) is 0 Å². The Kier molecular flexibility index (Phi) is 2.08. The SMILES string of the molecule is CC1(C)O[Si](C)(C)C(C)(C)C1(C)C. The van der Waals surface area contributed by atoms with Gasteiger partial charge in [0.2, 0.25) is 0 Å². The van der Waals surface area contributed by atoms with Gasteiger partial charge in [-0.2, -0.15) is 0 Å². The number of hydrogen-bond donors (Lipinski definition) is 0. The molecular weight excluding hydrogens is 176 g/mol. The van der Waals surface area contributed by atoms with E-state index in [1.54, 1.807) is 0 Å². The Morgan fingerprint density at radius 1 is 0.846 bits per heavy atom. The van der Waals surface area contributed by atoms with Gasteiger partial charge in [0.15, 0.2) is 8.32 Å². The number of hydrogen-bond acceptors (Lipinski definition) is 1. The van der Waals surface area contributed by atoms with Gasteiger partial charge in [-0.15, -0.1) is 0 Å². The molecule has 1 aliphatic heterocycles. The summed E-state index contributed by atoms with van der Waals surface area (Å²) in [7, 11) is -1.54. The van der Waals surface area contributed by atoms with Crippen molar-refractivity contribution in [2.45, 2.75) is 65.3 Å². The van der Waals surface area contributed by atoms with Crippen LogP contribution in [0.4, 0.5) is 0 Å². The lowest BCUT2D eigenvalue weighted by atomic mass is 9.69. The van der Waals surface area contributed by atoms with Crippen molar-refractivity contribution in [2.24, 2.45) is 5.41 Å². The lowest BCUT2D eigenvalue weighted by molar-refractivity contribution is 0.0143. The zero-order chi connectivity index (χ0) is 10.7. The molecule has 0 aromatic heterocycles. The van der Waals surface area contributed by atoms with E-state index in [1.165, 1.54) is 0 Å². The second kappa shape index (κ2) is 2.40. The van der Waals surface area contributed by atoms with Crippen LogP contribution in [0.1, 0.15) is 41.5 Å². The molecule has 0 aromatic carbocycles. The predicted octanol–water partition coefficient (Wildman–Crippen LogP) is 3.81. The molecule has 0 bridgehead atoms. The normalized spacial score (nSPS) is 33.2. The first-order valence-electron chi connectivity index (χ1n) is 5.16. The monoisotopic (exact) mass is 200 g/mol. The highest BCUT2D eigenvalue weighted by molar-refractivity contribution is 6.75. The van der Waals surface area contributed by atoms with Crippen molar-refractivity contribution in [2.75, 3.05) is 0 Å². The average Bonchev–Trinajstić information content (AvgIpc) is 1.88. The zero-order valence-corrected chi connectivity index (χ0v) is 11.4. The fourth-order valence-electron chi connectivity index (χ4n) is 2.40. The summed E-state index contributed by atoms with van der Waals surface area (Å²) >= 11 is 0. The summed E-state index contributed by atoms with van der Waals surface area (Å²) < 4.78 is 6.31. The molecule has 2 heteroatoms. The van der Waals surface area contributed by atoms with Crippen LogP contribution < -0.4 is 0 Å². The summed E-state index contributed by atoms with van der Waals surface area (Å²) in [5.74, 6) is 0. The zero-order valence-electron chi connectivity index (χ0n) is 10.4. The van der Waals surface area contributed by atoms with Gasteiger partial charge in [-0.25, -0.2) is 0 Å². The molecular formula is C11H24OSi. The van der Waals surface area contributed by atoms with Crippen LogP contribution in [0.2, 0.25) is 18.1 Å². The highest BCUT2D eigenvalue weighted by Gasteiger charge is 2.65. The number of rotatable bonds is 0. The van der Waals surface area contributed by atoms with Gasteiger partial charge in [-0.1, -0.05) is 27.7 Å². The molecule has 1 heterocycles. The van der Waals surface area contributed by atoms with Gasteiger partial charge in [0.05, 0.1) is 5.60 Å². The van der Waals surface area contributed by atoms with Gasteiger partial charge in [0.1, 0.15) is 0 Å². The minimum absolute atomic E-state index is 0.0201. The first-order valence-corrected chi connectivity index (χ1v) is 8.07. The van der Waals surface area contributed by atoms with E-state index in [1.807, 2.05) is 0 Å². The fourth-order valence-corrected chi connectivity index (χ4v) is 5.99. The third-order valence-electron chi connectivity index (χ3n) is 5.08. The average molecular weight is 200 g/mol. The maximum Gasteiger partial charge on any atom is 0.193 e. The first-order chi connectivity index (χ1) is 5.46. The van der Waals surface area contributed by atoms with E-state index in [0.29, 0.717) is 5.04 Å². The summed E-state index contributed by atoms with van der Waals surface area (Å²) in [4.78, 5) is 0. The fraction of sp³-hybridized carbons (Fsp3) is 1.00. The maximum atomic E-state index is 6.31. The van der Waals surface area contributed by atoms with Gasteiger partial charge in [-0.3, -0.25) is 0 Å². The Balaban J connectivity index is 3.24. The third kappa shape index (κ3) is 1.15. The first kappa shape index (κ1) is 11.3. The van der Waals surface area contributed by atoms with E-state index < -0.39 is 8.32 Å². The van der Waals surface area contributed by atoms with Gasteiger partial charge in [0, 0.05) is 0 Å². The molecule has 0 aliphatic carbocycles. The van der Waals surface area contributed by atoms with Crippen LogP contribution >= 0.6 is 0 Å². The van der Waals surface area contributed by atoms with Crippen molar-refractivity contribution in [3.8, 4) is 0 Å². The lowest BCUT2D eigenvalue weighted by Gasteiger charge is -2.43. The molecule has 0 unspecified atom stereocenters. The largest absolute Gasteiger partial charge is 0.411 e. The van der Waals surface area contributed by atoms with Crippen molar-refractivity contribution in [3.63, 3.8) is 0 Å². The standard InChI is InChI=1S/C11H24OSi/c1-9(2)10(3,4)12-13(7,8)11(9,5)6/h1-8H3. The van der Waals surface area contributed by atoms with E-state index in [9.17, 15) is 0 Å². The molecule has 0 spiro atoms. The Morgan fingerprint density at radius 3 is 1.31 bits per heavy atom. The summed E-state index contributed by atoms with van der Waals surface area (Å²) in [6.07, 6.45) is 0. The Labute approximate surface area is 84.0 Å². The highest BCUT2D eigenvalue weighted by Crippen LogP contribution is 2.65. The summed E-state index contributed by atoms with van der Waals surface area (Å²) in [6, 6.07) is 0. The second-order valence-corrected chi connectivity index (χ2v) is 10.8. The van der Waals surface area contributed by atoms with Gasteiger partial charge in [0.25, 0.3) is 0 Å². The van der Waals surface area contributed by atoms with E-state index in [0.717, 1.165) is 0 Å². The highest BCUT2D eigenvalue weighted by atomic mass is 28.4. The van der Waals surface area contributed by atoms with Crippen LogP contribution in [0.5, 0.6) is 0 Å². The molecule has 0 amide bonds. The van der Waals surface area contributed by atoms with E-state index >= 15 is 0 Å². The molecule has 78 valence electrons. The van der Waals surface area contributed by atoms with Crippen molar-refractivity contribution < 1.29 is 4.43 Å². The molecule has 1 aliphatic rings. The van der Waals surface area contributed by atoms with Gasteiger partial charge < -0.3 is 4.43 Å². The molecule has 0 saturated carbocycles. The predicted molar refractivity (Wildman–Crippen MR) is 60.5 cm³/mol. The van der Waals surface area contributed by atoms with Crippen LogP contribution in [0.15, 0.2) is 0 Å². The van der Waals surface area contributed by atoms with Crippen molar-refractivity contribution in [3.05, 3.63) is 0 Å². The molecule has 0 radical (unpaired) electrons. The van der Waals surface area contributed by atoms with Crippen LogP contribution in [0.3, 0.4) is 0 Å². The lowest BCUT2D eigenvalue weighted by Crippen LogP contribution is -2.42. The van der Waals surface area contributed by atoms with E-state index in [-0.39, 0.29) is 11.0 Å². The molecule has 1 rings (SSSR count). The second-order valence-electron chi connectivity index (χ2n) is 6.37. The topological polar surface area (TPSA) is 9.23 Å². The third-order valence-corrected chi connectivity index (χ3v) is 9.74. The molecule has 13 heavy (non-hydrogen) atoms. The molecule has 1 saturated heterocycles. The van der Waals surface area contributed by atoms with Crippen molar-refractivity contribution >= 4 is 8.32 Å². The molecule has 0 atom stereocenters. The Hall–Kier alpha value is 0.177. The van der Waals surface area contributed by atoms with Crippen LogP contribution in [0.25, 0.3) is 0 Å². The van der Waals surface area contributed by atoms with E-state index in [4.69, 9.17) is 4.43 Å². The Bertz CT molecular complexity index is 202. The summed E-state index contributed by atoms with van der Waals surface area (Å²) in [5.41, 5.74) is 0.280. The smallest absolute Gasteiger partial charge is 0.193 e. The van der Waals surface area contributed by atoms with Crippen LogP contribution in [0, 0.1) is 5.41 Å². The molecule has 0 N–H and O–H groups in total. The molecule has 0 aromatic rings. The van der Waals surface area contributed by atoms with E-state index in [2.05, 4.69) is 54.6 Å². The minimum Gasteiger partial charge on any atom is -0.411 e. The van der Waals surface area contributed by atoms with Crippen LogP contribution in [-0.4, -0.2) is 13.9 Å². The Morgan fingerprint density at radius 2 is 1.23 bits per heavy atom. The molecule has 1 nitrogen and oxygen atoms in total. The summed E-state index contributed by atoms with van der Waals surface area (Å²) in [6.45, 7) is 18.6. The van der Waals surface area contributed by atoms with Crippen LogP contribution in [-0.2, 0) is 4.43 Å². The van der Waals surface area contributed by atoms with Gasteiger partial charge >= 0.3 is 0 Å². The van der Waals surface area contributed by atoms with Gasteiger partial charge in [-0.05, 0) is 37.4 Å². The van der Waals surface area contributed by atoms with Crippen molar-refractivity contribution in [1.82, 2.24) is 0 Å². The quantitative estimate of drug-likeness (QED) is 0.540. The minimum atomic E-state index is -1.54.